The van der Waals surface area contributed by atoms with Crippen molar-refractivity contribution in [3.63, 3.8) is 0 Å². The van der Waals surface area contributed by atoms with Crippen LogP contribution in [0, 0.1) is 11.3 Å². The number of halogens is 1. The SMILES string of the molecule is CCC(=O)N1CCN(c2nc(OC)nc3c2CCN(c2cccc4cccc(Cl)c24)C3)CC1CC#N. The smallest absolute Gasteiger partial charge is 0.318 e. The molecular formula is C27H29ClN6O2. The Bertz CT molecular complexity index is 1330. The van der Waals surface area contributed by atoms with Gasteiger partial charge in [0.25, 0.3) is 0 Å². The molecule has 1 fully saturated rings. The lowest BCUT2D eigenvalue weighted by Crippen LogP contribution is -2.55. The molecule has 1 unspecified atom stereocenters. The van der Waals surface area contributed by atoms with E-state index < -0.39 is 0 Å². The number of aromatic nitrogens is 2. The maximum absolute atomic E-state index is 12.5. The number of methoxy groups -OCH3 is 1. The second kappa shape index (κ2) is 10.2. The molecule has 2 aliphatic rings. The Morgan fingerprint density at radius 1 is 1.17 bits per heavy atom. The van der Waals surface area contributed by atoms with Gasteiger partial charge in [-0.15, -0.1) is 0 Å². The molecule has 2 aromatic carbocycles. The van der Waals surface area contributed by atoms with E-state index in [-0.39, 0.29) is 11.9 Å². The largest absolute Gasteiger partial charge is 0.467 e. The first kappa shape index (κ1) is 24.1. The maximum atomic E-state index is 12.5. The standard InChI is InChI=1S/C27H29ClN6O2/c1-3-24(35)34-15-14-33(16-19(34)10-12-29)26-20-11-13-32(17-22(20)30-27(31-26)36-2)23-9-5-7-18-6-4-8-21(28)25(18)23/h4-9,19H,3,10-11,13-17H2,1-2H3. The fourth-order valence-electron chi connectivity index (χ4n) is 5.35. The number of fused-ring (bicyclic) bond motifs is 2. The van der Waals surface area contributed by atoms with Gasteiger partial charge in [0.1, 0.15) is 5.82 Å². The van der Waals surface area contributed by atoms with Crippen molar-refractivity contribution in [2.45, 2.75) is 38.8 Å². The zero-order chi connectivity index (χ0) is 25.2. The van der Waals surface area contributed by atoms with Gasteiger partial charge < -0.3 is 19.4 Å². The summed E-state index contributed by atoms with van der Waals surface area (Å²) in [5.74, 6) is 0.931. The van der Waals surface area contributed by atoms with Gasteiger partial charge in [0.15, 0.2) is 0 Å². The van der Waals surface area contributed by atoms with E-state index in [4.69, 9.17) is 26.3 Å². The molecule has 8 nitrogen and oxygen atoms in total. The zero-order valence-corrected chi connectivity index (χ0v) is 21.3. The van der Waals surface area contributed by atoms with E-state index in [0.29, 0.717) is 45.0 Å². The van der Waals surface area contributed by atoms with Crippen LogP contribution >= 0.6 is 11.6 Å². The van der Waals surface area contributed by atoms with E-state index >= 15 is 0 Å². The monoisotopic (exact) mass is 504 g/mol. The Kier molecular flexibility index (Phi) is 6.84. The van der Waals surface area contributed by atoms with Crippen LogP contribution in [-0.2, 0) is 17.8 Å². The van der Waals surface area contributed by atoms with Gasteiger partial charge in [-0.25, -0.2) is 0 Å². The van der Waals surface area contributed by atoms with E-state index in [1.807, 2.05) is 24.0 Å². The lowest BCUT2D eigenvalue weighted by atomic mass is 10.0. The van der Waals surface area contributed by atoms with Crippen LogP contribution < -0.4 is 14.5 Å². The number of benzene rings is 2. The Labute approximate surface area is 216 Å². The van der Waals surface area contributed by atoms with Gasteiger partial charge in [0.05, 0.1) is 42.9 Å². The first-order chi connectivity index (χ1) is 17.5. The molecule has 1 amide bonds. The highest BCUT2D eigenvalue weighted by molar-refractivity contribution is 6.36. The van der Waals surface area contributed by atoms with Crippen LogP contribution in [0.5, 0.6) is 6.01 Å². The summed E-state index contributed by atoms with van der Waals surface area (Å²) >= 11 is 6.61. The molecule has 186 valence electrons. The molecule has 3 aromatic rings. The third kappa shape index (κ3) is 4.40. The summed E-state index contributed by atoms with van der Waals surface area (Å²) in [7, 11) is 1.58. The maximum Gasteiger partial charge on any atom is 0.318 e. The minimum Gasteiger partial charge on any atom is -0.467 e. The number of rotatable bonds is 5. The Morgan fingerprint density at radius 2 is 1.97 bits per heavy atom. The van der Waals surface area contributed by atoms with Crippen molar-refractivity contribution in [3.8, 4) is 12.1 Å². The third-order valence-corrected chi connectivity index (χ3v) is 7.42. The average molecular weight is 505 g/mol. The number of carbonyl (C=O) groups is 1. The topological polar surface area (TPSA) is 85.6 Å². The summed E-state index contributed by atoms with van der Waals surface area (Å²) in [5, 5.41) is 12.3. The predicted molar refractivity (Wildman–Crippen MR) is 141 cm³/mol. The number of hydrogen-bond acceptors (Lipinski definition) is 7. The minimum absolute atomic E-state index is 0.0848. The molecule has 3 heterocycles. The normalized spacial score (nSPS) is 17.6. The summed E-state index contributed by atoms with van der Waals surface area (Å²) in [6.07, 6.45) is 1.50. The van der Waals surface area contributed by atoms with Crippen molar-refractivity contribution in [1.82, 2.24) is 14.9 Å². The first-order valence-electron chi connectivity index (χ1n) is 12.3. The van der Waals surface area contributed by atoms with E-state index in [9.17, 15) is 10.1 Å². The fraction of sp³-hybridized carbons (Fsp3) is 0.407. The Morgan fingerprint density at radius 3 is 2.72 bits per heavy atom. The van der Waals surface area contributed by atoms with Gasteiger partial charge in [-0.1, -0.05) is 42.8 Å². The first-order valence-corrected chi connectivity index (χ1v) is 12.7. The number of piperazine rings is 1. The lowest BCUT2D eigenvalue weighted by Gasteiger charge is -2.42. The summed E-state index contributed by atoms with van der Waals surface area (Å²) in [5.41, 5.74) is 3.11. The highest BCUT2D eigenvalue weighted by Gasteiger charge is 2.33. The van der Waals surface area contributed by atoms with Gasteiger partial charge >= 0.3 is 6.01 Å². The third-order valence-electron chi connectivity index (χ3n) is 7.11. The van der Waals surface area contributed by atoms with E-state index in [2.05, 4.69) is 40.1 Å². The van der Waals surface area contributed by atoms with Crippen molar-refractivity contribution in [2.24, 2.45) is 0 Å². The van der Waals surface area contributed by atoms with Crippen molar-refractivity contribution >= 4 is 39.8 Å². The van der Waals surface area contributed by atoms with E-state index in [1.54, 1.807) is 7.11 Å². The summed E-state index contributed by atoms with van der Waals surface area (Å²) in [4.78, 5) is 28.3. The Balaban J connectivity index is 1.48. The molecule has 0 saturated carbocycles. The van der Waals surface area contributed by atoms with Crippen molar-refractivity contribution in [2.75, 3.05) is 43.1 Å². The molecule has 2 aliphatic heterocycles. The number of ether oxygens (including phenoxy) is 1. The fourth-order valence-corrected chi connectivity index (χ4v) is 5.62. The number of amides is 1. The molecule has 0 N–H and O–H groups in total. The van der Waals surface area contributed by atoms with Gasteiger partial charge in [0.2, 0.25) is 5.91 Å². The second-order valence-electron chi connectivity index (χ2n) is 9.15. The average Bonchev–Trinajstić information content (AvgIpc) is 2.91. The number of anilines is 2. The highest BCUT2D eigenvalue weighted by Crippen LogP contribution is 2.37. The molecular weight excluding hydrogens is 476 g/mol. The number of nitrogens with zero attached hydrogens (tertiary/aromatic N) is 6. The number of carbonyl (C=O) groups excluding carboxylic acids is 1. The van der Waals surface area contributed by atoms with Crippen molar-refractivity contribution in [3.05, 3.63) is 52.7 Å². The van der Waals surface area contributed by atoms with Crippen LogP contribution in [0.4, 0.5) is 11.5 Å². The number of hydrogen-bond donors (Lipinski definition) is 0. The molecule has 0 radical (unpaired) electrons. The molecule has 9 heteroatoms. The van der Waals surface area contributed by atoms with Crippen LogP contribution in [0.3, 0.4) is 0 Å². The predicted octanol–water partition coefficient (Wildman–Crippen LogP) is 4.20. The van der Waals surface area contributed by atoms with Gasteiger partial charge in [-0.2, -0.15) is 15.2 Å². The Hall–Kier alpha value is -3.57. The quantitative estimate of drug-likeness (QED) is 0.514. The summed E-state index contributed by atoms with van der Waals surface area (Å²) < 4.78 is 5.49. The van der Waals surface area contributed by atoms with Crippen molar-refractivity contribution in [1.29, 1.82) is 5.26 Å². The van der Waals surface area contributed by atoms with Crippen LogP contribution in [-0.4, -0.2) is 60.1 Å². The van der Waals surface area contributed by atoms with E-state index in [0.717, 1.165) is 51.5 Å². The summed E-state index contributed by atoms with van der Waals surface area (Å²) in [6, 6.07) is 14.6. The van der Waals surface area contributed by atoms with Gasteiger partial charge in [-0.05, 0) is 23.9 Å². The zero-order valence-electron chi connectivity index (χ0n) is 20.6. The van der Waals surface area contributed by atoms with Crippen LogP contribution in [0.25, 0.3) is 10.8 Å². The van der Waals surface area contributed by atoms with Crippen LogP contribution in [0.15, 0.2) is 36.4 Å². The molecule has 0 aliphatic carbocycles. The minimum atomic E-state index is -0.161. The highest BCUT2D eigenvalue weighted by atomic mass is 35.5. The lowest BCUT2D eigenvalue weighted by molar-refractivity contribution is -0.133. The molecule has 0 bridgehead atoms. The summed E-state index contributed by atoms with van der Waals surface area (Å²) in [6.45, 7) is 5.06. The molecule has 5 rings (SSSR count). The van der Waals surface area contributed by atoms with Crippen molar-refractivity contribution < 1.29 is 9.53 Å². The molecule has 1 aromatic heterocycles. The second-order valence-corrected chi connectivity index (χ2v) is 9.56. The van der Waals surface area contributed by atoms with Crippen LogP contribution in [0.2, 0.25) is 5.02 Å². The molecule has 36 heavy (non-hydrogen) atoms. The van der Waals surface area contributed by atoms with E-state index in [1.165, 1.54) is 0 Å². The van der Waals surface area contributed by atoms with Gasteiger partial charge in [0, 0.05) is 49.2 Å². The number of nitriles is 1. The van der Waals surface area contributed by atoms with Gasteiger partial charge in [-0.3, -0.25) is 4.79 Å². The molecule has 1 saturated heterocycles. The van der Waals surface area contributed by atoms with Crippen LogP contribution in [0.1, 0.15) is 31.0 Å². The molecule has 0 spiro atoms. The molecule has 1 atom stereocenters.